The van der Waals surface area contributed by atoms with Crippen molar-refractivity contribution < 1.29 is 9.53 Å². The minimum absolute atomic E-state index is 0. The van der Waals surface area contributed by atoms with Crippen LogP contribution in [0.3, 0.4) is 0 Å². The molecular formula is C15H31IN4O2S. The van der Waals surface area contributed by atoms with E-state index in [4.69, 9.17) is 4.74 Å². The molecule has 0 aliphatic rings. The highest BCUT2D eigenvalue weighted by Crippen LogP contribution is 1.96. The third-order valence-electron chi connectivity index (χ3n) is 2.61. The van der Waals surface area contributed by atoms with Gasteiger partial charge in [0.05, 0.1) is 0 Å². The smallest absolute Gasteiger partial charge is 0.243 e. The Bertz CT molecular complexity index is 341. The average molecular weight is 458 g/mol. The number of halogens is 1. The zero-order valence-corrected chi connectivity index (χ0v) is 17.6. The summed E-state index contributed by atoms with van der Waals surface area (Å²) in [6, 6.07) is 0. The van der Waals surface area contributed by atoms with Gasteiger partial charge in [-0.1, -0.05) is 6.08 Å². The Hall–Kier alpha value is -0.480. The molecule has 0 saturated heterocycles. The van der Waals surface area contributed by atoms with Crippen LogP contribution in [0.2, 0.25) is 0 Å². The number of amides is 1. The van der Waals surface area contributed by atoms with Gasteiger partial charge in [0.1, 0.15) is 6.54 Å². The van der Waals surface area contributed by atoms with Crippen LogP contribution in [0.4, 0.5) is 0 Å². The third-order valence-corrected chi connectivity index (χ3v) is 3.57. The Kier molecular flexibility index (Phi) is 19.2. The Labute approximate surface area is 161 Å². The minimum Gasteiger partial charge on any atom is -0.382 e. The summed E-state index contributed by atoms with van der Waals surface area (Å²) in [5.74, 6) is 2.56. The fraction of sp³-hybridized carbons (Fsp3) is 0.733. The summed E-state index contributed by atoms with van der Waals surface area (Å²) < 4.78 is 5.30. The molecule has 0 saturated carbocycles. The van der Waals surface area contributed by atoms with E-state index in [1.165, 1.54) is 4.90 Å². The molecule has 8 heteroatoms. The largest absolute Gasteiger partial charge is 0.382 e. The van der Waals surface area contributed by atoms with Gasteiger partial charge in [0, 0.05) is 51.9 Å². The molecular weight excluding hydrogens is 427 g/mol. The number of nitrogens with one attached hydrogen (secondary N) is 2. The second-order valence-electron chi connectivity index (χ2n) is 4.72. The lowest BCUT2D eigenvalue weighted by molar-refractivity contribution is -0.127. The van der Waals surface area contributed by atoms with Crippen LogP contribution in [0, 0.1) is 0 Å². The Morgan fingerprint density at radius 2 is 2.04 bits per heavy atom. The molecule has 0 unspecified atom stereocenters. The number of nitrogens with zero attached hydrogens (tertiary/aromatic N) is 2. The van der Waals surface area contributed by atoms with Gasteiger partial charge in [-0.3, -0.25) is 4.79 Å². The van der Waals surface area contributed by atoms with E-state index in [1.54, 1.807) is 25.9 Å². The lowest BCUT2D eigenvalue weighted by Gasteiger charge is -2.13. The van der Waals surface area contributed by atoms with Crippen molar-refractivity contribution in [1.29, 1.82) is 0 Å². The Morgan fingerprint density at radius 3 is 2.65 bits per heavy atom. The van der Waals surface area contributed by atoms with E-state index in [0.29, 0.717) is 5.96 Å². The number of carbonyl (C=O) groups is 1. The van der Waals surface area contributed by atoms with Crippen LogP contribution < -0.4 is 10.6 Å². The maximum atomic E-state index is 11.6. The van der Waals surface area contributed by atoms with Gasteiger partial charge in [-0.15, -0.1) is 30.6 Å². The normalized spacial score (nSPS) is 10.7. The molecule has 1 amide bonds. The number of guanidine groups is 1. The monoisotopic (exact) mass is 458 g/mol. The Balaban J connectivity index is 0. The zero-order valence-electron chi connectivity index (χ0n) is 14.5. The average Bonchev–Trinajstić information content (AvgIpc) is 2.50. The molecule has 23 heavy (non-hydrogen) atoms. The molecule has 0 aliphatic heterocycles. The summed E-state index contributed by atoms with van der Waals surface area (Å²) in [7, 11) is 3.46. The molecule has 0 aliphatic carbocycles. The van der Waals surface area contributed by atoms with Crippen LogP contribution >= 0.6 is 35.7 Å². The van der Waals surface area contributed by atoms with Crippen molar-refractivity contribution in [3.8, 4) is 0 Å². The van der Waals surface area contributed by atoms with Crippen LogP contribution in [0.25, 0.3) is 0 Å². The van der Waals surface area contributed by atoms with Crippen LogP contribution in [0.1, 0.15) is 13.3 Å². The van der Waals surface area contributed by atoms with Crippen molar-refractivity contribution in [3.05, 3.63) is 12.7 Å². The van der Waals surface area contributed by atoms with E-state index in [0.717, 1.165) is 44.2 Å². The molecule has 136 valence electrons. The van der Waals surface area contributed by atoms with Crippen LogP contribution in [0.5, 0.6) is 0 Å². The quantitative estimate of drug-likeness (QED) is 0.153. The summed E-state index contributed by atoms with van der Waals surface area (Å²) >= 11 is 1.80. The van der Waals surface area contributed by atoms with Gasteiger partial charge < -0.3 is 20.3 Å². The maximum Gasteiger partial charge on any atom is 0.243 e. The van der Waals surface area contributed by atoms with Crippen molar-refractivity contribution in [3.63, 3.8) is 0 Å². The lowest BCUT2D eigenvalue weighted by Crippen LogP contribution is -2.40. The molecule has 0 bridgehead atoms. The molecule has 0 rings (SSSR count). The van der Waals surface area contributed by atoms with E-state index in [9.17, 15) is 4.79 Å². The molecule has 0 aromatic heterocycles. The second-order valence-corrected chi connectivity index (χ2v) is 5.87. The first-order valence-electron chi connectivity index (χ1n) is 7.60. The summed E-state index contributed by atoms with van der Waals surface area (Å²) in [6.07, 6.45) is 2.79. The minimum atomic E-state index is -0.0172. The fourth-order valence-electron chi connectivity index (χ4n) is 1.40. The number of ether oxygens (including phenoxy) is 1. The summed E-state index contributed by atoms with van der Waals surface area (Å²) in [6.45, 7) is 8.84. The predicted octanol–water partition coefficient (Wildman–Crippen LogP) is 1.57. The maximum absolute atomic E-state index is 11.6. The highest BCUT2D eigenvalue weighted by molar-refractivity contribution is 14.0. The number of likely N-dealkylation sites (N-methyl/N-ethyl adjacent to an activating group) is 1. The number of aliphatic imine (C=N–C) groups is 1. The second kappa shape index (κ2) is 17.9. The number of carbonyl (C=O) groups excluding carboxylic acids is 1. The van der Waals surface area contributed by atoms with Gasteiger partial charge in [-0.25, -0.2) is 4.99 Å². The molecule has 0 fully saturated rings. The van der Waals surface area contributed by atoms with Gasteiger partial charge >= 0.3 is 0 Å². The first-order chi connectivity index (χ1) is 10.6. The van der Waals surface area contributed by atoms with E-state index in [1.807, 2.05) is 13.0 Å². The van der Waals surface area contributed by atoms with Crippen molar-refractivity contribution >= 4 is 47.6 Å². The zero-order chi connectivity index (χ0) is 16.6. The molecule has 2 N–H and O–H groups in total. The molecule has 0 aromatic carbocycles. The topological polar surface area (TPSA) is 66.0 Å². The van der Waals surface area contributed by atoms with E-state index < -0.39 is 0 Å². The summed E-state index contributed by atoms with van der Waals surface area (Å²) in [5, 5.41) is 6.46. The molecule has 0 heterocycles. The number of hydrogen-bond donors (Lipinski definition) is 2. The van der Waals surface area contributed by atoms with Gasteiger partial charge in [0.15, 0.2) is 5.96 Å². The van der Waals surface area contributed by atoms with E-state index >= 15 is 0 Å². The predicted molar refractivity (Wildman–Crippen MR) is 111 cm³/mol. The van der Waals surface area contributed by atoms with Crippen LogP contribution in [-0.2, 0) is 9.53 Å². The van der Waals surface area contributed by atoms with Gasteiger partial charge in [0.25, 0.3) is 0 Å². The summed E-state index contributed by atoms with van der Waals surface area (Å²) in [5.41, 5.74) is 0. The van der Waals surface area contributed by atoms with Gasteiger partial charge in [-0.05, 0) is 13.3 Å². The van der Waals surface area contributed by atoms with Crippen molar-refractivity contribution in [1.82, 2.24) is 15.5 Å². The molecule has 0 atom stereocenters. The van der Waals surface area contributed by atoms with E-state index in [2.05, 4.69) is 22.2 Å². The van der Waals surface area contributed by atoms with Crippen LogP contribution in [0.15, 0.2) is 17.6 Å². The van der Waals surface area contributed by atoms with Crippen molar-refractivity contribution in [2.75, 3.05) is 58.4 Å². The number of rotatable bonds is 12. The molecule has 6 nitrogen and oxygen atoms in total. The third kappa shape index (κ3) is 16.2. The number of thioether (sulfide) groups is 1. The van der Waals surface area contributed by atoms with Gasteiger partial charge in [-0.2, -0.15) is 11.8 Å². The standard InChI is InChI=1S/C15H30N4O2S.HI/c1-5-11-22-12-9-17-15(16-8-7-10-21-6-2)18-13-14(20)19(3)4;/h5H,1,6-13H2,2-4H3,(H2,16,17,18);1H. The molecule has 0 radical (unpaired) electrons. The Morgan fingerprint density at radius 1 is 1.35 bits per heavy atom. The summed E-state index contributed by atoms with van der Waals surface area (Å²) in [4.78, 5) is 17.5. The number of hydrogen-bond acceptors (Lipinski definition) is 4. The first kappa shape index (κ1) is 24.8. The van der Waals surface area contributed by atoms with E-state index in [-0.39, 0.29) is 36.4 Å². The van der Waals surface area contributed by atoms with Crippen molar-refractivity contribution in [2.24, 2.45) is 4.99 Å². The highest BCUT2D eigenvalue weighted by Gasteiger charge is 2.04. The first-order valence-corrected chi connectivity index (χ1v) is 8.76. The van der Waals surface area contributed by atoms with Crippen molar-refractivity contribution in [2.45, 2.75) is 13.3 Å². The van der Waals surface area contributed by atoms with Gasteiger partial charge in [0.2, 0.25) is 5.91 Å². The molecule has 0 aromatic rings. The molecule has 0 spiro atoms. The fourth-order valence-corrected chi connectivity index (χ4v) is 1.98. The highest BCUT2D eigenvalue weighted by atomic mass is 127. The SMILES string of the molecule is C=CCSCCNC(=NCC(=O)N(C)C)NCCCOCC.I. The van der Waals surface area contributed by atoms with Crippen LogP contribution in [-0.4, -0.2) is 75.2 Å². The lowest BCUT2D eigenvalue weighted by atomic mass is 10.4.